The van der Waals surface area contributed by atoms with Gasteiger partial charge in [0, 0.05) is 32.6 Å². The average molecular weight is 357 g/mol. The summed E-state index contributed by atoms with van der Waals surface area (Å²) in [5.41, 5.74) is 0.928. The van der Waals surface area contributed by atoms with Gasteiger partial charge in [0.05, 0.1) is 29.1 Å². The third kappa shape index (κ3) is 3.62. The van der Waals surface area contributed by atoms with Gasteiger partial charge in [-0.3, -0.25) is 14.5 Å². The minimum absolute atomic E-state index is 0.0180. The first kappa shape index (κ1) is 16.6. The van der Waals surface area contributed by atoms with Crippen molar-refractivity contribution >= 4 is 35.1 Å². The van der Waals surface area contributed by atoms with Crippen molar-refractivity contribution in [1.82, 2.24) is 9.80 Å². The standard InChI is InChI=1S/C16H18Cl2N2O3/c1-19(5-10-2-3-13(17)14(18)4-10)15(21)8-20-6-11-9-23-16(22)12(11)7-20/h2-4,11-12H,5-9H2,1H3/t11-,12-/m1/s1. The molecule has 2 atom stereocenters. The van der Waals surface area contributed by atoms with Crippen LogP contribution in [0.1, 0.15) is 5.56 Å². The molecule has 124 valence electrons. The third-order valence-electron chi connectivity index (χ3n) is 4.45. The second kappa shape index (κ2) is 6.67. The smallest absolute Gasteiger partial charge is 0.310 e. The lowest BCUT2D eigenvalue weighted by Gasteiger charge is -2.22. The number of fused-ring (bicyclic) bond motifs is 1. The maximum Gasteiger partial charge on any atom is 0.310 e. The van der Waals surface area contributed by atoms with Crippen LogP contribution in [0.3, 0.4) is 0 Å². The van der Waals surface area contributed by atoms with Gasteiger partial charge < -0.3 is 9.64 Å². The summed E-state index contributed by atoms with van der Waals surface area (Å²) in [5, 5.41) is 0.982. The molecule has 3 rings (SSSR count). The molecule has 0 spiro atoms. The zero-order chi connectivity index (χ0) is 16.6. The molecule has 0 aliphatic carbocycles. The third-order valence-corrected chi connectivity index (χ3v) is 5.19. The first-order valence-electron chi connectivity index (χ1n) is 7.51. The summed E-state index contributed by atoms with van der Waals surface area (Å²) >= 11 is 11.9. The Labute approximate surface area is 145 Å². The molecule has 5 nitrogen and oxygen atoms in total. The van der Waals surface area contributed by atoms with Gasteiger partial charge in [0.2, 0.25) is 5.91 Å². The minimum atomic E-state index is -0.130. The average Bonchev–Trinajstić information content (AvgIpc) is 3.05. The summed E-state index contributed by atoms with van der Waals surface area (Å²) in [6, 6.07) is 5.35. The second-order valence-electron chi connectivity index (χ2n) is 6.19. The number of halogens is 2. The Morgan fingerprint density at radius 1 is 1.35 bits per heavy atom. The van der Waals surface area contributed by atoms with Crippen LogP contribution in [0.15, 0.2) is 18.2 Å². The summed E-state index contributed by atoms with van der Waals surface area (Å²) < 4.78 is 5.04. The largest absolute Gasteiger partial charge is 0.465 e. The van der Waals surface area contributed by atoms with Crippen molar-refractivity contribution in [3.63, 3.8) is 0 Å². The topological polar surface area (TPSA) is 49.9 Å². The van der Waals surface area contributed by atoms with Crippen molar-refractivity contribution in [2.24, 2.45) is 11.8 Å². The zero-order valence-electron chi connectivity index (χ0n) is 12.8. The molecule has 0 aromatic heterocycles. The number of likely N-dealkylation sites (N-methyl/N-ethyl adjacent to an activating group) is 1. The molecule has 23 heavy (non-hydrogen) atoms. The van der Waals surface area contributed by atoms with Gasteiger partial charge in [0.25, 0.3) is 0 Å². The quantitative estimate of drug-likeness (QED) is 0.774. The predicted molar refractivity (Wildman–Crippen MR) is 87.3 cm³/mol. The Balaban J connectivity index is 1.54. The first-order chi connectivity index (χ1) is 10.9. The van der Waals surface area contributed by atoms with Crippen molar-refractivity contribution in [3.8, 4) is 0 Å². The van der Waals surface area contributed by atoms with Gasteiger partial charge in [-0.05, 0) is 17.7 Å². The second-order valence-corrected chi connectivity index (χ2v) is 7.00. The molecule has 1 amide bonds. The minimum Gasteiger partial charge on any atom is -0.465 e. The maximum atomic E-state index is 12.4. The molecule has 0 unspecified atom stereocenters. The van der Waals surface area contributed by atoms with Crippen LogP contribution in [0.2, 0.25) is 10.0 Å². The zero-order valence-corrected chi connectivity index (χ0v) is 14.3. The van der Waals surface area contributed by atoms with E-state index in [0.717, 1.165) is 12.1 Å². The molecule has 0 radical (unpaired) electrons. The fourth-order valence-corrected chi connectivity index (χ4v) is 3.45. The molecule has 1 aromatic rings. The van der Waals surface area contributed by atoms with Crippen LogP contribution in [0.5, 0.6) is 0 Å². The van der Waals surface area contributed by atoms with Crippen LogP contribution in [-0.4, -0.2) is 55.0 Å². The molecule has 2 aliphatic heterocycles. The number of likely N-dealkylation sites (tertiary alicyclic amines) is 1. The normalized spacial score (nSPS) is 23.7. The van der Waals surface area contributed by atoms with Gasteiger partial charge in [-0.25, -0.2) is 0 Å². The maximum absolute atomic E-state index is 12.4. The van der Waals surface area contributed by atoms with E-state index in [9.17, 15) is 9.59 Å². The van der Waals surface area contributed by atoms with E-state index >= 15 is 0 Å². The van der Waals surface area contributed by atoms with Gasteiger partial charge >= 0.3 is 5.97 Å². The lowest BCUT2D eigenvalue weighted by Crippen LogP contribution is -2.38. The van der Waals surface area contributed by atoms with Crippen molar-refractivity contribution in [2.45, 2.75) is 6.54 Å². The highest BCUT2D eigenvalue weighted by Gasteiger charge is 2.44. The number of ether oxygens (including phenoxy) is 1. The van der Waals surface area contributed by atoms with E-state index in [1.165, 1.54) is 0 Å². The van der Waals surface area contributed by atoms with E-state index in [2.05, 4.69) is 0 Å². The van der Waals surface area contributed by atoms with Crippen LogP contribution < -0.4 is 0 Å². The Kier molecular flexibility index (Phi) is 4.80. The number of esters is 1. The van der Waals surface area contributed by atoms with Gasteiger partial charge in [0.1, 0.15) is 0 Å². The molecule has 0 N–H and O–H groups in total. The molecular formula is C16H18Cl2N2O3. The molecule has 2 fully saturated rings. The molecule has 0 bridgehead atoms. The Morgan fingerprint density at radius 3 is 2.83 bits per heavy atom. The Bertz CT molecular complexity index is 638. The van der Waals surface area contributed by atoms with Gasteiger partial charge in [-0.15, -0.1) is 0 Å². The summed E-state index contributed by atoms with van der Waals surface area (Å²) in [6.07, 6.45) is 0. The highest BCUT2D eigenvalue weighted by Crippen LogP contribution is 2.30. The number of benzene rings is 1. The number of carbonyl (C=O) groups is 2. The van der Waals surface area contributed by atoms with Crippen molar-refractivity contribution in [3.05, 3.63) is 33.8 Å². The SMILES string of the molecule is CN(Cc1ccc(Cl)c(Cl)c1)C(=O)CN1C[C@@H]2COC(=O)[C@@H]2C1. The lowest BCUT2D eigenvalue weighted by molar-refractivity contribution is -0.142. The highest BCUT2D eigenvalue weighted by molar-refractivity contribution is 6.42. The number of amides is 1. The highest BCUT2D eigenvalue weighted by atomic mass is 35.5. The van der Waals surface area contributed by atoms with Crippen LogP contribution in [0.25, 0.3) is 0 Å². The van der Waals surface area contributed by atoms with Crippen LogP contribution in [0.4, 0.5) is 0 Å². The number of nitrogens with zero attached hydrogens (tertiary/aromatic N) is 2. The van der Waals surface area contributed by atoms with E-state index in [4.69, 9.17) is 27.9 Å². The monoisotopic (exact) mass is 356 g/mol. The molecule has 7 heteroatoms. The van der Waals surface area contributed by atoms with E-state index in [1.54, 1.807) is 24.1 Å². The van der Waals surface area contributed by atoms with E-state index in [-0.39, 0.29) is 23.7 Å². The van der Waals surface area contributed by atoms with Crippen LogP contribution >= 0.6 is 23.2 Å². The predicted octanol–water partition coefficient (Wildman–Crippen LogP) is 2.06. The number of cyclic esters (lactones) is 1. The lowest BCUT2D eigenvalue weighted by atomic mass is 10.0. The summed E-state index contributed by atoms with van der Waals surface area (Å²) in [5.74, 6) is 0.0531. The summed E-state index contributed by atoms with van der Waals surface area (Å²) in [7, 11) is 1.76. The molecule has 1 aromatic carbocycles. The summed E-state index contributed by atoms with van der Waals surface area (Å²) in [4.78, 5) is 27.6. The van der Waals surface area contributed by atoms with Crippen molar-refractivity contribution < 1.29 is 14.3 Å². The van der Waals surface area contributed by atoms with Gasteiger partial charge in [0.15, 0.2) is 0 Å². The van der Waals surface area contributed by atoms with Gasteiger partial charge in [-0.2, -0.15) is 0 Å². The molecule has 0 saturated carbocycles. The molecule has 2 saturated heterocycles. The number of carbonyl (C=O) groups excluding carboxylic acids is 2. The molecule has 2 heterocycles. The van der Waals surface area contributed by atoms with Crippen molar-refractivity contribution in [2.75, 3.05) is 33.3 Å². The Morgan fingerprint density at radius 2 is 2.13 bits per heavy atom. The van der Waals surface area contributed by atoms with Gasteiger partial charge in [-0.1, -0.05) is 29.3 Å². The van der Waals surface area contributed by atoms with Crippen LogP contribution in [0, 0.1) is 11.8 Å². The molecule has 2 aliphatic rings. The van der Waals surface area contributed by atoms with E-state index in [0.29, 0.717) is 36.3 Å². The molecular weight excluding hydrogens is 339 g/mol. The fourth-order valence-electron chi connectivity index (χ4n) is 3.13. The van der Waals surface area contributed by atoms with Crippen LogP contribution in [-0.2, 0) is 20.9 Å². The van der Waals surface area contributed by atoms with Crippen molar-refractivity contribution in [1.29, 1.82) is 0 Å². The Hall–Kier alpha value is -1.30. The number of rotatable bonds is 4. The van der Waals surface area contributed by atoms with E-state index in [1.807, 2.05) is 11.0 Å². The van der Waals surface area contributed by atoms with E-state index < -0.39 is 0 Å². The number of hydrogen-bond donors (Lipinski definition) is 0. The summed E-state index contributed by atoms with van der Waals surface area (Å²) in [6.45, 7) is 2.61. The number of hydrogen-bond acceptors (Lipinski definition) is 4. The first-order valence-corrected chi connectivity index (χ1v) is 8.26. The fraction of sp³-hybridized carbons (Fsp3) is 0.500.